The van der Waals surface area contributed by atoms with Crippen LogP contribution >= 0.6 is 11.6 Å². The Labute approximate surface area is 125 Å². The zero-order valence-corrected chi connectivity index (χ0v) is 11.9. The van der Waals surface area contributed by atoms with E-state index in [1.165, 1.54) is 0 Å². The quantitative estimate of drug-likeness (QED) is 0.768. The maximum absolute atomic E-state index is 5.85. The lowest BCUT2D eigenvalue weighted by Crippen LogP contribution is -2.03. The Hall–Kier alpha value is -2.25. The number of hydrogen-bond donors (Lipinski definition) is 1. The zero-order valence-electron chi connectivity index (χ0n) is 11.1. The predicted molar refractivity (Wildman–Crippen MR) is 76.6 cm³/mol. The highest BCUT2D eigenvalue weighted by Gasteiger charge is 2.10. The fraction of sp³-hybridized carbons (Fsp3) is 0.231. The molecule has 2 N–H and O–H groups in total. The number of nitrogens with zero attached hydrogens (tertiary/aromatic N) is 5. The van der Waals surface area contributed by atoms with E-state index in [4.69, 9.17) is 21.8 Å². The fourth-order valence-corrected chi connectivity index (χ4v) is 1.97. The van der Waals surface area contributed by atoms with Gasteiger partial charge in [0.25, 0.3) is 0 Å². The van der Waals surface area contributed by atoms with E-state index in [0.717, 1.165) is 11.3 Å². The summed E-state index contributed by atoms with van der Waals surface area (Å²) in [5.41, 5.74) is 7.14. The Bertz CT molecular complexity index is 720. The molecular weight excluding hydrogens is 292 g/mol. The smallest absolute Gasteiger partial charge is 0.247 e. The minimum absolute atomic E-state index is 0.373. The molecule has 0 bridgehead atoms. The normalized spacial score (nSPS) is 11.0. The molecule has 0 aliphatic carbocycles. The van der Waals surface area contributed by atoms with Crippen molar-refractivity contribution in [2.24, 2.45) is 5.73 Å². The molecule has 0 unspecified atom stereocenters. The van der Waals surface area contributed by atoms with Crippen molar-refractivity contribution in [2.75, 3.05) is 6.54 Å². The van der Waals surface area contributed by atoms with Crippen LogP contribution in [0.2, 0.25) is 5.02 Å². The standard InChI is InChI=1S/C13H13ClN6O/c14-10-3-1-9(2-4-10)13-18-17-12(21-13)8-20-7-11(5-6-15)16-19-20/h1-4,7H,5-6,8,15H2. The van der Waals surface area contributed by atoms with E-state index in [1.807, 2.05) is 18.3 Å². The van der Waals surface area contributed by atoms with Gasteiger partial charge in [-0.25, -0.2) is 4.68 Å². The summed E-state index contributed by atoms with van der Waals surface area (Å²) in [4.78, 5) is 0. The van der Waals surface area contributed by atoms with E-state index in [2.05, 4.69) is 20.5 Å². The lowest BCUT2D eigenvalue weighted by molar-refractivity contribution is 0.469. The van der Waals surface area contributed by atoms with E-state index < -0.39 is 0 Å². The van der Waals surface area contributed by atoms with Crippen LogP contribution in [0.3, 0.4) is 0 Å². The third-order valence-corrected chi connectivity index (χ3v) is 3.09. The van der Waals surface area contributed by atoms with Gasteiger partial charge in [-0.2, -0.15) is 0 Å². The summed E-state index contributed by atoms with van der Waals surface area (Å²) in [6.45, 7) is 0.915. The minimum Gasteiger partial charge on any atom is -0.419 e. The lowest BCUT2D eigenvalue weighted by atomic mass is 10.2. The Kier molecular flexibility index (Phi) is 3.94. The number of rotatable bonds is 5. The molecule has 0 amide bonds. The maximum atomic E-state index is 5.85. The van der Waals surface area contributed by atoms with Crippen molar-refractivity contribution < 1.29 is 4.42 Å². The van der Waals surface area contributed by atoms with Gasteiger partial charge in [0, 0.05) is 23.2 Å². The van der Waals surface area contributed by atoms with Gasteiger partial charge in [-0.3, -0.25) is 0 Å². The van der Waals surface area contributed by atoms with E-state index in [9.17, 15) is 0 Å². The summed E-state index contributed by atoms with van der Waals surface area (Å²) in [6.07, 6.45) is 2.51. The van der Waals surface area contributed by atoms with Crippen LogP contribution in [-0.2, 0) is 13.0 Å². The van der Waals surface area contributed by atoms with Crippen molar-refractivity contribution in [3.05, 3.63) is 47.1 Å². The highest BCUT2D eigenvalue weighted by atomic mass is 35.5. The van der Waals surface area contributed by atoms with Crippen molar-refractivity contribution >= 4 is 11.6 Å². The molecule has 3 rings (SSSR count). The number of halogens is 1. The predicted octanol–water partition coefficient (Wildman–Crippen LogP) is 1.53. The lowest BCUT2D eigenvalue weighted by Gasteiger charge is -1.95. The molecule has 0 radical (unpaired) electrons. The molecule has 0 saturated carbocycles. The average molecular weight is 305 g/mol. The molecule has 0 fully saturated rings. The number of nitrogens with two attached hydrogens (primary N) is 1. The third kappa shape index (κ3) is 3.26. The Morgan fingerprint density at radius 3 is 2.71 bits per heavy atom. The second kappa shape index (κ2) is 6.02. The van der Waals surface area contributed by atoms with Gasteiger partial charge in [0.1, 0.15) is 6.54 Å². The SMILES string of the molecule is NCCc1cn(Cc2nnc(-c3ccc(Cl)cc3)o2)nn1. The van der Waals surface area contributed by atoms with Crippen molar-refractivity contribution in [2.45, 2.75) is 13.0 Å². The van der Waals surface area contributed by atoms with E-state index >= 15 is 0 Å². The molecular formula is C13H13ClN6O. The van der Waals surface area contributed by atoms with Crippen LogP contribution in [0.5, 0.6) is 0 Å². The average Bonchev–Trinajstić information content (AvgIpc) is 3.11. The third-order valence-electron chi connectivity index (χ3n) is 2.84. The maximum Gasteiger partial charge on any atom is 0.247 e. The van der Waals surface area contributed by atoms with Gasteiger partial charge >= 0.3 is 0 Å². The number of hydrogen-bond acceptors (Lipinski definition) is 6. The first kappa shape index (κ1) is 13.7. The summed E-state index contributed by atoms with van der Waals surface area (Å²) in [5.74, 6) is 0.910. The summed E-state index contributed by atoms with van der Waals surface area (Å²) in [7, 11) is 0. The summed E-state index contributed by atoms with van der Waals surface area (Å²) >= 11 is 5.85. The van der Waals surface area contributed by atoms with Gasteiger partial charge in [0.05, 0.1) is 5.69 Å². The topological polar surface area (TPSA) is 95.7 Å². The van der Waals surface area contributed by atoms with Gasteiger partial charge in [0.2, 0.25) is 11.8 Å². The summed E-state index contributed by atoms with van der Waals surface area (Å²) in [5, 5.41) is 16.7. The first-order valence-electron chi connectivity index (χ1n) is 6.42. The molecule has 108 valence electrons. The molecule has 3 aromatic rings. The molecule has 0 atom stereocenters. The molecule has 2 aromatic heterocycles. The molecule has 0 saturated heterocycles. The number of benzene rings is 1. The van der Waals surface area contributed by atoms with Gasteiger partial charge in [0.15, 0.2) is 0 Å². The largest absolute Gasteiger partial charge is 0.419 e. The first-order valence-corrected chi connectivity index (χ1v) is 6.80. The fourth-order valence-electron chi connectivity index (χ4n) is 1.84. The first-order chi connectivity index (χ1) is 10.2. The van der Waals surface area contributed by atoms with Crippen molar-refractivity contribution in [1.29, 1.82) is 0 Å². The van der Waals surface area contributed by atoms with E-state index in [0.29, 0.717) is 36.3 Å². The van der Waals surface area contributed by atoms with Crippen LogP contribution in [0.15, 0.2) is 34.9 Å². The highest BCUT2D eigenvalue weighted by molar-refractivity contribution is 6.30. The van der Waals surface area contributed by atoms with Crippen molar-refractivity contribution in [3.8, 4) is 11.5 Å². The molecule has 21 heavy (non-hydrogen) atoms. The van der Waals surface area contributed by atoms with Crippen molar-refractivity contribution in [1.82, 2.24) is 25.2 Å². The Balaban J connectivity index is 1.73. The van der Waals surface area contributed by atoms with Gasteiger partial charge in [-0.1, -0.05) is 16.8 Å². The number of aromatic nitrogens is 5. The molecule has 0 aliphatic rings. The second-order valence-corrected chi connectivity index (χ2v) is 4.89. The molecule has 2 heterocycles. The molecule has 7 nitrogen and oxygen atoms in total. The van der Waals surface area contributed by atoms with Crippen LogP contribution in [0, 0.1) is 0 Å². The Morgan fingerprint density at radius 2 is 1.95 bits per heavy atom. The summed E-state index contributed by atoms with van der Waals surface area (Å²) in [6, 6.07) is 7.21. The zero-order chi connectivity index (χ0) is 14.7. The van der Waals surface area contributed by atoms with E-state index in [1.54, 1.807) is 16.8 Å². The van der Waals surface area contributed by atoms with Crippen molar-refractivity contribution in [3.63, 3.8) is 0 Å². The second-order valence-electron chi connectivity index (χ2n) is 4.45. The van der Waals surface area contributed by atoms with Gasteiger partial charge < -0.3 is 10.2 Å². The Morgan fingerprint density at radius 1 is 1.14 bits per heavy atom. The van der Waals surface area contributed by atoms with Gasteiger partial charge in [-0.05, 0) is 30.8 Å². The van der Waals surface area contributed by atoms with Gasteiger partial charge in [-0.15, -0.1) is 15.3 Å². The van der Waals surface area contributed by atoms with Crippen LogP contribution < -0.4 is 5.73 Å². The monoisotopic (exact) mass is 304 g/mol. The van der Waals surface area contributed by atoms with Crippen LogP contribution in [0.4, 0.5) is 0 Å². The summed E-state index contributed by atoms with van der Waals surface area (Å²) < 4.78 is 7.25. The molecule has 8 heteroatoms. The van der Waals surface area contributed by atoms with Crippen LogP contribution in [0.1, 0.15) is 11.6 Å². The molecule has 0 spiro atoms. The van der Waals surface area contributed by atoms with Crippen LogP contribution in [-0.4, -0.2) is 31.7 Å². The van der Waals surface area contributed by atoms with E-state index in [-0.39, 0.29) is 0 Å². The van der Waals surface area contributed by atoms with Crippen LogP contribution in [0.25, 0.3) is 11.5 Å². The minimum atomic E-state index is 0.373. The molecule has 1 aromatic carbocycles. The highest BCUT2D eigenvalue weighted by Crippen LogP contribution is 2.20. The molecule has 0 aliphatic heterocycles.